The van der Waals surface area contributed by atoms with Gasteiger partial charge >= 0.3 is 5.97 Å². The van der Waals surface area contributed by atoms with Gasteiger partial charge in [-0.3, -0.25) is 5.10 Å². The molecule has 24 heavy (non-hydrogen) atoms. The van der Waals surface area contributed by atoms with Crippen LogP contribution in [0.3, 0.4) is 0 Å². The Morgan fingerprint density at radius 2 is 1.92 bits per heavy atom. The van der Waals surface area contributed by atoms with E-state index in [0.717, 1.165) is 27.7 Å². The van der Waals surface area contributed by atoms with Crippen molar-refractivity contribution in [1.82, 2.24) is 15.2 Å². The highest BCUT2D eigenvalue weighted by molar-refractivity contribution is 7.18. The Bertz CT molecular complexity index is 1050. The molecule has 0 saturated heterocycles. The molecule has 2 aromatic carbocycles. The van der Waals surface area contributed by atoms with Crippen molar-refractivity contribution in [2.24, 2.45) is 0 Å². The van der Waals surface area contributed by atoms with E-state index < -0.39 is 5.97 Å². The average molecular weight is 335 g/mol. The summed E-state index contributed by atoms with van der Waals surface area (Å²) in [4.78, 5) is 16.6. The van der Waals surface area contributed by atoms with Gasteiger partial charge < -0.3 is 5.11 Å². The number of carboxylic acids is 1. The molecule has 0 bridgehead atoms. The van der Waals surface area contributed by atoms with Crippen LogP contribution in [0.2, 0.25) is 0 Å². The number of hydrogen-bond acceptors (Lipinski definition) is 4. The lowest BCUT2D eigenvalue weighted by molar-refractivity contribution is 0.0692. The molecule has 0 unspecified atom stereocenters. The molecule has 0 amide bonds. The summed E-state index contributed by atoms with van der Waals surface area (Å²) in [5, 5.41) is 18.4. The van der Waals surface area contributed by atoms with Crippen LogP contribution in [0.15, 0.2) is 48.5 Å². The number of aromatic nitrogens is 3. The topological polar surface area (TPSA) is 78.9 Å². The zero-order chi connectivity index (χ0) is 16.7. The van der Waals surface area contributed by atoms with E-state index in [-0.39, 0.29) is 5.69 Å². The van der Waals surface area contributed by atoms with Crippen molar-refractivity contribution >= 4 is 28.2 Å². The number of nitrogens with one attached hydrogen (secondary N) is 1. The maximum Gasteiger partial charge on any atom is 0.356 e. The smallest absolute Gasteiger partial charge is 0.356 e. The molecule has 118 valence electrons. The lowest BCUT2D eigenvalue weighted by atomic mass is 10.1. The average Bonchev–Trinajstić information content (AvgIpc) is 3.20. The van der Waals surface area contributed by atoms with Gasteiger partial charge in [-0.05, 0) is 18.1 Å². The summed E-state index contributed by atoms with van der Waals surface area (Å²) in [6, 6.07) is 15.4. The molecule has 5 nitrogen and oxygen atoms in total. The fraction of sp³-hybridized carbons (Fsp3) is 0.0556. The Balaban J connectivity index is 1.93. The third kappa shape index (κ3) is 2.28. The van der Waals surface area contributed by atoms with Gasteiger partial charge in [0.1, 0.15) is 10.7 Å². The highest BCUT2D eigenvalue weighted by Crippen LogP contribution is 2.37. The van der Waals surface area contributed by atoms with Crippen molar-refractivity contribution in [1.29, 1.82) is 0 Å². The maximum atomic E-state index is 11.6. The fourth-order valence-electron chi connectivity index (χ4n) is 2.70. The van der Waals surface area contributed by atoms with Crippen LogP contribution < -0.4 is 0 Å². The second-order valence-electron chi connectivity index (χ2n) is 5.44. The first-order valence-corrected chi connectivity index (χ1v) is 8.20. The van der Waals surface area contributed by atoms with Crippen molar-refractivity contribution < 1.29 is 9.90 Å². The largest absolute Gasteiger partial charge is 0.476 e. The van der Waals surface area contributed by atoms with E-state index in [9.17, 15) is 9.90 Å². The number of aromatic carboxylic acids is 1. The van der Waals surface area contributed by atoms with E-state index in [4.69, 9.17) is 0 Å². The van der Waals surface area contributed by atoms with E-state index >= 15 is 0 Å². The van der Waals surface area contributed by atoms with Crippen LogP contribution in [0.4, 0.5) is 0 Å². The third-order valence-corrected chi connectivity index (χ3v) is 4.99. The number of para-hydroxylation sites is 1. The van der Waals surface area contributed by atoms with Crippen LogP contribution in [-0.4, -0.2) is 26.3 Å². The van der Waals surface area contributed by atoms with Crippen molar-refractivity contribution in [2.75, 3.05) is 0 Å². The van der Waals surface area contributed by atoms with Gasteiger partial charge in [0.25, 0.3) is 0 Å². The molecular formula is C18H13N3O2S. The predicted molar refractivity (Wildman–Crippen MR) is 94.3 cm³/mol. The maximum absolute atomic E-state index is 11.6. The summed E-state index contributed by atoms with van der Waals surface area (Å²) in [5.74, 6) is -1.03. The molecule has 0 atom stereocenters. The monoisotopic (exact) mass is 335 g/mol. The first-order valence-electron chi connectivity index (χ1n) is 7.39. The first-order chi connectivity index (χ1) is 11.6. The fourth-order valence-corrected chi connectivity index (χ4v) is 3.77. The number of hydrogen-bond donors (Lipinski definition) is 2. The zero-order valence-electron chi connectivity index (χ0n) is 12.8. The lowest BCUT2D eigenvalue weighted by Gasteiger charge is -1.97. The Morgan fingerprint density at radius 1 is 1.12 bits per heavy atom. The molecule has 0 saturated carbocycles. The number of benzene rings is 2. The number of aromatic amines is 1. The van der Waals surface area contributed by atoms with Gasteiger partial charge in [0.15, 0.2) is 5.69 Å². The summed E-state index contributed by atoms with van der Waals surface area (Å²) in [6.45, 7) is 1.99. The number of carbonyl (C=O) groups is 1. The van der Waals surface area contributed by atoms with Crippen LogP contribution in [0.5, 0.6) is 0 Å². The summed E-state index contributed by atoms with van der Waals surface area (Å²) >= 11 is 1.36. The van der Waals surface area contributed by atoms with Crippen molar-refractivity contribution in [3.63, 3.8) is 0 Å². The number of aryl methyl sites for hydroxylation is 1. The zero-order valence-corrected chi connectivity index (χ0v) is 13.6. The molecule has 0 spiro atoms. The highest BCUT2D eigenvalue weighted by Gasteiger charge is 2.21. The molecule has 4 aromatic rings. The van der Waals surface area contributed by atoms with Crippen LogP contribution >= 0.6 is 11.3 Å². The molecule has 6 heteroatoms. The summed E-state index contributed by atoms with van der Waals surface area (Å²) < 4.78 is 0. The molecule has 0 radical (unpaired) electrons. The quantitative estimate of drug-likeness (QED) is 0.583. The number of H-pyrrole nitrogens is 1. The van der Waals surface area contributed by atoms with Crippen LogP contribution in [0.1, 0.15) is 16.1 Å². The summed E-state index contributed by atoms with van der Waals surface area (Å²) in [5.41, 5.74) is 3.60. The Morgan fingerprint density at radius 3 is 2.67 bits per heavy atom. The number of thiazole rings is 1. The van der Waals surface area contributed by atoms with Gasteiger partial charge in [0.2, 0.25) is 0 Å². The second-order valence-corrected chi connectivity index (χ2v) is 6.44. The molecule has 0 aliphatic carbocycles. The summed E-state index contributed by atoms with van der Waals surface area (Å²) in [6.07, 6.45) is 0. The van der Waals surface area contributed by atoms with E-state index in [1.54, 1.807) is 0 Å². The Hall–Kier alpha value is -2.99. The molecule has 2 N–H and O–H groups in total. The highest BCUT2D eigenvalue weighted by atomic mass is 32.1. The van der Waals surface area contributed by atoms with E-state index in [1.807, 2.05) is 55.5 Å². The number of nitrogens with zero attached hydrogens (tertiary/aromatic N) is 2. The Labute approximate surface area is 141 Å². The molecule has 0 aliphatic rings. The van der Waals surface area contributed by atoms with Gasteiger partial charge in [-0.15, -0.1) is 11.3 Å². The third-order valence-electron chi connectivity index (χ3n) is 3.87. The van der Waals surface area contributed by atoms with Gasteiger partial charge in [0.05, 0.1) is 10.4 Å². The molecule has 2 heterocycles. The van der Waals surface area contributed by atoms with Gasteiger partial charge in [-0.2, -0.15) is 5.10 Å². The summed E-state index contributed by atoms with van der Waals surface area (Å²) in [7, 11) is 0. The van der Waals surface area contributed by atoms with Crippen LogP contribution in [0.25, 0.3) is 32.0 Å². The standard InChI is InChI=1S/C18H13N3O2S/c1-10-6-5-9-12-13(10)20-21-14(12)17-19-15(18(22)23)16(24-17)11-7-3-2-4-8-11/h2-9H,1H3,(H,20,21)(H,22,23). The lowest BCUT2D eigenvalue weighted by Crippen LogP contribution is -1.98. The Kier molecular flexibility index (Phi) is 3.39. The van der Waals surface area contributed by atoms with E-state index in [1.165, 1.54) is 11.3 Å². The van der Waals surface area contributed by atoms with Crippen molar-refractivity contribution in [3.05, 3.63) is 59.8 Å². The minimum atomic E-state index is -1.03. The molecule has 0 fully saturated rings. The normalized spacial score (nSPS) is 11.0. The number of rotatable bonds is 3. The molecule has 2 aromatic heterocycles. The molecule has 0 aliphatic heterocycles. The minimum absolute atomic E-state index is 0.0663. The van der Waals surface area contributed by atoms with Gasteiger partial charge in [-0.1, -0.05) is 48.5 Å². The van der Waals surface area contributed by atoms with Gasteiger partial charge in [0, 0.05) is 5.39 Å². The SMILES string of the molecule is Cc1cccc2c(-c3nc(C(=O)O)c(-c4ccccc4)s3)[nH]nc12. The van der Waals surface area contributed by atoms with Gasteiger partial charge in [-0.25, -0.2) is 9.78 Å². The van der Waals surface area contributed by atoms with Crippen LogP contribution in [-0.2, 0) is 0 Å². The molecular weight excluding hydrogens is 322 g/mol. The minimum Gasteiger partial charge on any atom is -0.476 e. The predicted octanol–water partition coefficient (Wildman–Crippen LogP) is 4.36. The second kappa shape index (κ2) is 5.58. The van der Waals surface area contributed by atoms with Crippen molar-refractivity contribution in [2.45, 2.75) is 6.92 Å². The first kappa shape index (κ1) is 14.6. The van der Waals surface area contributed by atoms with Crippen LogP contribution in [0, 0.1) is 6.92 Å². The van der Waals surface area contributed by atoms with E-state index in [0.29, 0.717) is 9.88 Å². The van der Waals surface area contributed by atoms with E-state index in [2.05, 4.69) is 15.2 Å². The molecule has 4 rings (SSSR count). The van der Waals surface area contributed by atoms with Crippen molar-refractivity contribution in [3.8, 4) is 21.1 Å². The number of carboxylic acid groups (broad SMARTS) is 1. The number of fused-ring (bicyclic) bond motifs is 1.